The van der Waals surface area contributed by atoms with Gasteiger partial charge in [0, 0.05) is 0 Å². The van der Waals surface area contributed by atoms with Gasteiger partial charge in [0.05, 0.1) is 18.4 Å². The summed E-state index contributed by atoms with van der Waals surface area (Å²) in [6, 6.07) is 7.48. The second-order valence-corrected chi connectivity index (χ2v) is 9.55. The van der Waals surface area contributed by atoms with E-state index in [0.717, 1.165) is 18.1 Å². The molecule has 1 N–H and O–H groups in total. The molecule has 0 aliphatic rings. The van der Waals surface area contributed by atoms with E-state index in [1.165, 1.54) is 19.2 Å². The van der Waals surface area contributed by atoms with Crippen LogP contribution in [0, 0.1) is 5.82 Å². The molecule has 0 aliphatic carbocycles. The van der Waals surface area contributed by atoms with Crippen LogP contribution in [0.1, 0.15) is 31.1 Å². The Morgan fingerprint density at radius 1 is 1.26 bits per heavy atom. The van der Waals surface area contributed by atoms with Crippen molar-refractivity contribution < 1.29 is 13.9 Å². The van der Waals surface area contributed by atoms with Crippen LogP contribution in [0.4, 0.5) is 10.1 Å². The van der Waals surface area contributed by atoms with Crippen LogP contribution in [0.25, 0.3) is 0 Å². The molecule has 1 rings (SSSR count). The molecule has 0 amide bonds. The normalized spacial score (nSPS) is 11.2. The van der Waals surface area contributed by atoms with Gasteiger partial charge in [-0.2, -0.15) is 0 Å². The molecular weight excluding hydrogens is 261 g/mol. The first kappa shape index (κ1) is 15.7. The third kappa shape index (κ3) is 3.35. The maximum atomic E-state index is 14.0. The molecule has 0 fully saturated rings. The number of anilines is 1. The van der Waals surface area contributed by atoms with Crippen molar-refractivity contribution in [3.63, 3.8) is 0 Å². The highest BCUT2D eigenvalue weighted by Crippen LogP contribution is 2.28. The Bertz CT molecular complexity index is 439. The second kappa shape index (κ2) is 6.70. The summed E-state index contributed by atoms with van der Waals surface area (Å²) in [5, 5.41) is 0. The van der Waals surface area contributed by atoms with Gasteiger partial charge in [-0.25, -0.2) is 9.18 Å². The van der Waals surface area contributed by atoms with Crippen LogP contribution in [0.3, 0.4) is 0 Å². The number of rotatable bonds is 6. The number of para-hydroxylation sites is 1. The minimum Gasteiger partial charge on any atom is -0.465 e. The van der Waals surface area contributed by atoms with E-state index < -0.39 is 20.0 Å². The smallest absolute Gasteiger partial charge is 0.340 e. The van der Waals surface area contributed by atoms with Crippen LogP contribution in [-0.2, 0) is 4.74 Å². The standard InChI is InChI=1S/C14H22FNO2Si/c1-5-19(6-2,7-3)16-13-11(14(17)18-4)9-8-10-12(13)15/h8-10,16H,5-7H2,1-4H3. The van der Waals surface area contributed by atoms with Crippen LogP contribution in [0.5, 0.6) is 0 Å². The molecule has 0 heterocycles. The molecule has 106 valence electrons. The molecule has 0 saturated carbocycles. The maximum absolute atomic E-state index is 14.0. The number of methoxy groups -OCH3 is 1. The third-order valence-electron chi connectivity index (χ3n) is 3.84. The molecule has 0 spiro atoms. The van der Waals surface area contributed by atoms with Gasteiger partial charge in [0.1, 0.15) is 5.82 Å². The Balaban J connectivity index is 3.22. The second-order valence-electron chi connectivity index (χ2n) is 4.62. The van der Waals surface area contributed by atoms with Crippen molar-refractivity contribution in [3.8, 4) is 0 Å². The molecular formula is C14H22FNO2Si. The van der Waals surface area contributed by atoms with E-state index in [9.17, 15) is 9.18 Å². The molecule has 0 unspecified atom stereocenters. The number of ether oxygens (including phenoxy) is 1. The van der Waals surface area contributed by atoms with Crippen molar-refractivity contribution in [3.05, 3.63) is 29.6 Å². The van der Waals surface area contributed by atoms with Crippen molar-refractivity contribution in [1.29, 1.82) is 0 Å². The predicted octanol–water partition coefficient (Wildman–Crippen LogP) is 4.03. The molecule has 0 radical (unpaired) electrons. The maximum Gasteiger partial charge on any atom is 0.340 e. The zero-order valence-corrected chi connectivity index (χ0v) is 13.0. The number of carbonyl (C=O) groups excluding carboxylic acids is 1. The Morgan fingerprint density at radius 3 is 2.32 bits per heavy atom. The highest BCUT2D eigenvalue weighted by atomic mass is 28.3. The van der Waals surface area contributed by atoms with Gasteiger partial charge in [0.15, 0.2) is 8.24 Å². The summed E-state index contributed by atoms with van der Waals surface area (Å²) in [5.74, 6) is -0.900. The lowest BCUT2D eigenvalue weighted by Crippen LogP contribution is -2.42. The zero-order chi connectivity index (χ0) is 14.5. The molecule has 0 aromatic heterocycles. The van der Waals surface area contributed by atoms with Crippen LogP contribution in [-0.4, -0.2) is 21.3 Å². The first-order valence-corrected chi connectivity index (χ1v) is 9.30. The van der Waals surface area contributed by atoms with Gasteiger partial charge in [-0.05, 0) is 30.3 Å². The van der Waals surface area contributed by atoms with Crippen LogP contribution in [0.2, 0.25) is 18.1 Å². The first-order valence-electron chi connectivity index (χ1n) is 6.68. The van der Waals surface area contributed by atoms with E-state index >= 15 is 0 Å². The molecule has 0 saturated heterocycles. The van der Waals surface area contributed by atoms with Gasteiger partial charge in [0.25, 0.3) is 0 Å². The van der Waals surface area contributed by atoms with Gasteiger partial charge in [-0.3, -0.25) is 0 Å². The predicted molar refractivity (Wildman–Crippen MR) is 78.6 cm³/mol. The summed E-state index contributed by atoms with van der Waals surface area (Å²) >= 11 is 0. The number of hydrogen-bond acceptors (Lipinski definition) is 3. The van der Waals surface area contributed by atoms with Crippen molar-refractivity contribution in [2.24, 2.45) is 0 Å². The number of carbonyl (C=O) groups is 1. The van der Waals surface area contributed by atoms with Gasteiger partial charge < -0.3 is 9.72 Å². The van der Waals surface area contributed by atoms with E-state index in [2.05, 4.69) is 25.8 Å². The summed E-state index contributed by atoms with van der Waals surface area (Å²) in [6.07, 6.45) is 0. The van der Waals surface area contributed by atoms with Gasteiger partial charge >= 0.3 is 5.97 Å². The minimum absolute atomic E-state index is 0.273. The molecule has 19 heavy (non-hydrogen) atoms. The summed E-state index contributed by atoms with van der Waals surface area (Å²) in [4.78, 5) is 15.1. The lowest BCUT2D eigenvalue weighted by Gasteiger charge is -2.31. The molecule has 1 aromatic rings. The van der Waals surface area contributed by atoms with Gasteiger partial charge in [0.2, 0.25) is 0 Å². The first-order chi connectivity index (χ1) is 9.03. The third-order valence-corrected chi connectivity index (χ3v) is 8.68. The van der Waals surface area contributed by atoms with E-state index in [0.29, 0.717) is 5.69 Å². The zero-order valence-electron chi connectivity index (χ0n) is 12.0. The number of esters is 1. The molecule has 5 heteroatoms. The lowest BCUT2D eigenvalue weighted by molar-refractivity contribution is 0.0601. The van der Waals surface area contributed by atoms with Gasteiger partial charge in [-0.1, -0.05) is 26.8 Å². The Labute approximate surface area is 115 Å². The summed E-state index contributed by atoms with van der Waals surface area (Å²) in [7, 11) is -0.471. The average molecular weight is 283 g/mol. The average Bonchev–Trinajstić information content (AvgIpc) is 2.45. The van der Waals surface area contributed by atoms with E-state index in [1.807, 2.05) is 0 Å². The number of hydrogen-bond donors (Lipinski definition) is 1. The summed E-state index contributed by atoms with van der Waals surface area (Å²) in [5.41, 5.74) is 0.571. The Hall–Kier alpha value is -1.36. The SMILES string of the molecule is CC[Si](CC)(CC)Nc1c(F)cccc1C(=O)OC. The van der Waals surface area contributed by atoms with Crippen molar-refractivity contribution in [2.75, 3.05) is 12.1 Å². The molecule has 0 aliphatic heterocycles. The Kier molecular flexibility index (Phi) is 5.54. The molecule has 1 aromatic carbocycles. The van der Waals surface area contributed by atoms with Crippen molar-refractivity contribution in [2.45, 2.75) is 38.9 Å². The fraction of sp³-hybridized carbons (Fsp3) is 0.500. The number of benzene rings is 1. The highest BCUT2D eigenvalue weighted by molar-refractivity contribution is 6.82. The van der Waals surface area contributed by atoms with E-state index in [1.54, 1.807) is 6.07 Å². The fourth-order valence-electron chi connectivity index (χ4n) is 2.21. The monoisotopic (exact) mass is 283 g/mol. The summed E-state index contributed by atoms with van der Waals surface area (Å²) in [6.45, 7) is 6.35. The van der Waals surface area contributed by atoms with E-state index in [4.69, 9.17) is 4.74 Å². The van der Waals surface area contributed by atoms with Crippen LogP contribution < -0.4 is 4.98 Å². The van der Waals surface area contributed by atoms with Crippen LogP contribution in [0.15, 0.2) is 18.2 Å². The Morgan fingerprint density at radius 2 is 1.84 bits per heavy atom. The molecule has 0 atom stereocenters. The quantitative estimate of drug-likeness (QED) is 0.633. The lowest BCUT2D eigenvalue weighted by atomic mass is 10.2. The number of nitrogens with one attached hydrogen (secondary N) is 1. The van der Waals surface area contributed by atoms with Crippen molar-refractivity contribution >= 4 is 19.9 Å². The molecule has 0 bridgehead atoms. The molecule has 3 nitrogen and oxygen atoms in total. The van der Waals surface area contributed by atoms with E-state index in [-0.39, 0.29) is 5.56 Å². The fourth-order valence-corrected chi connectivity index (χ4v) is 5.03. The largest absolute Gasteiger partial charge is 0.465 e. The van der Waals surface area contributed by atoms with Crippen LogP contribution >= 0.6 is 0 Å². The topological polar surface area (TPSA) is 38.3 Å². The minimum atomic E-state index is -1.78. The highest BCUT2D eigenvalue weighted by Gasteiger charge is 2.30. The number of halogens is 1. The summed E-state index contributed by atoms with van der Waals surface area (Å²) < 4.78 is 18.8. The van der Waals surface area contributed by atoms with Gasteiger partial charge in [-0.15, -0.1) is 0 Å². The van der Waals surface area contributed by atoms with Crippen molar-refractivity contribution in [1.82, 2.24) is 0 Å².